The zero-order valence-electron chi connectivity index (χ0n) is 8.86. The van der Waals surface area contributed by atoms with Gasteiger partial charge in [0.1, 0.15) is 0 Å². The van der Waals surface area contributed by atoms with Crippen molar-refractivity contribution in [3.05, 3.63) is 24.0 Å². The van der Waals surface area contributed by atoms with E-state index in [4.69, 9.17) is 5.73 Å². The number of thioether (sulfide) groups is 1. The van der Waals surface area contributed by atoms with Gasteiger partial charge in [0.15, 0.2) is 0 Å². The summed E-state index contributed by atoms with van der Waals surface area (Å²) in [6.45, 7) is 4.16. The van der Waals surface area contributed by atoms with E-state index in [1.807, 2.05) is 30.9 Å². The molecule has 0 fully saturated rings. The lowest BCUT2D eigenvalue weighted by atomic mass is 10.2. The van der Waals surface area contributed by atoms with E-state index in [1.165, 1.54) is 23.5 Å². The van der Waals surface area contributed by atoms with Crippen LogP contribution in [-0.4, -0.2) is 10.7 Å². The highest BCUT2D eigenvalue weighted by molar-refractivity contribution is 7.99. The average Bonchev–Trinajstić information content (AvgIpc) is 2.19. The zero-order chi connectivity index (χ0) is 10.4. The second kappa shape index (κ2) is 6.04. The van der Waals surface area contributed by atoms with Crippen molar-refractivity contribution in [3.8, 4) is 0 Å². The van der Waals surface area contributed by atoms with Crippen LogP contribution in [-0.2, 0) is 0 Å². The highest BCUT2D eigenvalue weighted by Gasteiger charge is 2.00. The normalized spacial score (nSPS) is 12.8. The first-order valence-electron chi connectivity index (χ1n) is 5.08. The molecular weight excluding hydrogens is 192 g/mol. The number of hydrogen-bond donors (Lipinski definition) is 1. The minimum absolute atomic E-state index is 0.0321. The number of nitrogens with two attached hydrogens (primary N) is 1. The number of aromatic nitrogens is 1. The first-order valence-corrected chi connectivity index (χ1v) is 6.07. The molecule has 0 radical (unpaired) electrons. The highest BCUT2D eigenvalue weighted by atomic mass is 32.2. The number of rotatable bonds is 5. The van der Waals surface area contributed by atoms with Crippen molar-refractivity contribution < 1.29 is 0 Å². The fourth-order valence-electron chi connectivity index (χ4n) is 1.08. The van der Waals surface area contributed by atoms with Gasteiger partial charge in [-0.2, -0.15) is 0 Å². The maximum absolute atomic E-state index is 5.72. The molecule has 0 bridgehead atoms. The Labute approximate surface area is 90.3 Å². The van der Waals surface area contributed by atoms with E-state index in [9.17, 15) is 0 Å². The second-order valence-corrected chi connectivity index (χ2v) is 4.58. The van der Waals surface area contributed by atoms with Gasteiger partial charge < -0.3 is 5.73 Å². The molecule has 3 heteroatoms. The van der Waals surface area contributed by atoms with E-state index in [1.54, 1.807) is 0 Å². The predicted octanol–water partition coefficient (Wildman–Crippen LogP) is 2.99. The van der Waals surface area contributed by atoms with Gasteiger partial charge in [-0.05, 0) is 31.2 Å². The first kappa shape index (κ1) is 11.5. The molecule has 1 atom stereocenters. The standard InChI is InChI=1S/C11H18N2S/c1-3-4-7-14-10-5-6-11(9(2)12)13-8-10/h5-6,8-9H,3-4,7,12H2,1-2H3/t9-/m0/s1. The molecule has 0 spiro atoms. The van der Waals surface area contributed by atoms with Crippen LogP contribution in [0.3, 0.4) is 0 Å². The molecule has 0 aliphatic carbocycles. The number of hydrogen-bond acceptors (Lipinski definition) is 3. The van der Waals surface area contributed by atoms with Crippen molar-refractivity contribution in [2.75, 3.05) is 5.75 Å². The second-order valence-electron chi connectivity index (χ2n) is 3.41. The summed E-state index contributed by atoms with van der Waals surface area (Å²) in [6, 6.07) is 4.15. The number of unbranched alkanes of at least 4 members (excludes halogenated alkanes) is 1. The molecule has 0 saturated carbocycles. The van der Waals surface area contributed by atoms with Gasteiger partial charge >= 0.3 is 0 Å². The minimum Gasteiger partial charge on any atom is -0.323 e. The summed E-state index contributed by atoms with van der Waals surface area (Å²) in [5, 5.41) is 0. The molecule has 2 N–H and O–H groups in total. The molecule has 0 amide bonds. The summed E-state index contributed by atoms with van der Waals surface area (Å²) in [5.74, 6) is 1.18. The highest BCUT2D eigenvalue weighted by Crippen LogP contribution is 2.19. The van der Waals surface area contributed by atoms with Gasteiger partial charge in [-0.15, -0.1) is 11.8 Å². The molecule has 2 nitrogen and oxygen atoms in total. The quantitative estimate of drug-likeness (QED) is 0.600. The SMILES string of the molecule is CCCCSc1ccc([C@H](C)N)nc1. The van der Waals surface area contributed by atoms with Crippen molar-refractivity contribution in [2.24, 2.45) is 5.73 Å². The molecular formula is C11H18N2S. The fraction of sp³-hybridized carbons (Fsp3) is 0.545. The Morgan fingerprint density at radius 2 is 2.29 bits per heavy atom. The van der Waals surface area contributed by atoms with Crippen molar-refractivity contribution in [3.63, 3.8) is 0 Å². The molecule has 14 heavy (non-hydrogen) atoms. The van der Waals surface area contributed by atoms with Crippen LogP contribution in [0, 0.1) is 0 Å². The van der Waals surface area contributed by atoms with Gasteiger partial charge in [-0.3, -0.25) is 4.98 Å². The predicted molar refractivity (Wildman–Crippen MR) is 62.5 cm³/mol. The van der Waals surface area contributed by atoms with Gasteiger partial charge in [-0.25, -0.2) is 0 Å². The molecule has 1 heterocycles. The van der Waals surface area contributed by atoms with Gasteiger partial charge in [-0.1, -0.05) is 13.3 Å². The third kappa shape index (κ3) is 3.68. The molecule has 1 aromatic heterocycles. The van der Waals surface area contributed by atoms with E-state index in [-0.39, 0.29) is 6.04 Å². The van der Waals surface area contributed by atoms with Crippen LogP contribution in [0.25, 0.3) is 0 Å². The molecule has 1 rings (SSSR count). The van der Waals surface area contributed by atoms with Crippen LogP contribution in [0.5, 0.6) is 0 Å². The van der Waals surface area contributed by atoms with Crippen LogP contribution < -0.4 is 5.73 Å². The molecule has 0 saturated heterocycles. The summed E-state index contributed by atoms with van der Waals surface area (Å²) >= 11 is 1.86. The fourth-order valence-corrected chi connectivity index (χ4v) is 2.04. The number of nitrogens with zero attached hydrogens (tertiary/aromatic N) is 1. The maximum atomic E-state index is 5.72. The van der Waals surface area contributed by atoms with E-state index in [0.29, 0.717) is 0 Å². The summed E-state index contributed by atoms with van der Waals surface area (Å²) < 4.78 is 0. The van der Waals surface area contributed by atoms with Crippen molar-refractivity contribution in [1.82, 2.24) is 4.98 Å². The zero-order valence-corrected chi connectivity index (χ0v) is 9.68. The van der Waals surface area contributed by atoms with Crippen LogP contribution >= 0.6 is 11.8 Å². The van der Waals surface area contributed by atoms with Gasteiger partial charge in [0, 0.05) is 17.1 Å². The number of pyridine rings is 1. The third-order valence-corrected chi connectivity index (χ3v) is 3.06. The molecule has 1 aromatic rings. The monoisotopic (exact) mass is 210 g/mol. The van der Waals surface area contributed by atoms with E-state index < -0.39 is 0 Å². The van der Waals surface area contributed by atoms with E-state index in [0.717, 1.165) is 5.69 Å². The van der Waals surface area contributed by atoms with Crippen LogP contribution in [0.15, 0.2) is 23.2 Å². The lowest BCUT2D eigenvalue weighted by molar-refractivity contribution is 0.777. The first-order chi connectivity index (χ1) is 6.74. The largest absolute Gasteiger partial charge is 0.323 e. The minimum atomic E-state index is 0.0321. The summed E-state index contributed by atoms with van der Waals surface area (Å²) in [7, 11) is 0. The smallest absolute Gasteiger partial charge is 0.0569 e. The third-order valence-electron chi connectivity index (χ3n) is 1.99. The molecule has 0 aliphatic heterocycles. The van der Waals surface area contributed by atoms with Crippen LogP contribution in [0.4, 0.5) is 0 Å². The Morgan fingerprint density at radius 1 is 1.50 bits per heavy atom. The van der Waals surface area contributed by atoms with Crippen LogP contribution in [0.1, 0.15) is 38.4 Å². The Bertz CT molecular complexity index is 256. The lowest BCUT2D eigenvalue weighted by Gasteiger charge is -2.05. The van der Waals surface area contributed by atoms with Crippen molar-refractivity contribution in [2.45, 2.75) is 37.6 Å². The molecule has 0 unspecified atom stereocenters. The maximum Gasteiger partial charge on any atom is 0.0569 e. The Kier molecular flexibility index (Phi) is 4.98. The Balaban J connectivity index is 2.47. The van der Waals surface area contributed by atoms with E-state index in [2.05, 4.69) is 18.0 Å². The lowest BCUT2D eigenvalue weighted by Crippen LogP contribution is -2.06. The summed E-state index contributed by atoms with van der Waals surface area (Å²) in [6.07, 6.45) is 4.43. The average molecular weight is 210 g/mol. The van der Waals surface area contributed by atoms with Gasteiger partial charge in [0.2, 0.25) is 0 Å². The van der Waals surface area contributed by atoms with Gasteiger partial charge in [0.05, 0.1) is 5.69 Å². The van der Waals surface area contributed by atoms with E-state index >= 15 is 0 Å². The molecule has 78 valence electrons. The Hall–Kier alpha value is -0.540. The summed E-state index contributed by atoms with van der Waals surface area (Å²) in [4.78, 5) is 5.55. The molecule has 0 aliphatic rings. The topological polar surface area (TPSA) is 38.9 Å². The van der Waals surface area contributed by atoms with Crippen LogP contribution in [0.2, 0.25) is 0 Å². The Morgan fingerprint density at radius 3 is 2.79 bits per heavy atom. The van der Waals surface area contributed by atoms with Crippen molar-refractivity contribution in [1.29, 1.82) is 0 Å². The van der Waals surface area contributed by atoms with Gasteiger partial charge in [0.25, 0.3) is 0 Å². The summed E-state index contributed by atoms with van der Waals surface area (Å²) in [5.41, 5.74) is 6.68. The molecule has 0 aromatic carbocycles. The van der Waals surface area contributed by atoms with Crippen molar-refractivity contribution >= 4 is 11.8 Å².